The van der Waals surface area contributed by atoms with Crippen LogP contribution < -0.4 is 10.1 Å². The number of aryl methyl sites for hydroxylation is 1. The molecule has 0 unspecified atom stereocenters. The van der Waals surface area contributed by atoms with Gasteiger partial charge in [0.05, 0.1) is 13.7 Å². The molecule has 4 rings (SSSR count). The maximum atomic E-state index is 13.2. The average molecular weight is 511 g/mol. The topological polar surface area (TPSA) is 92.8 Å². The minimum atomic E-state index is -4.04. The lowest BCUT2D eigenvalue weighted by Gasteiger charge is -2.17. The van der Waals surface area contributed by atoms with Gasteiger partial charge in [0.15, 0.2) is 0 Å². The second kappa shape index (κ2) is 9.56. The molecule has 0 saturated carbocycles. The summed E-state index contributed by atoms with van der Waals surface area (Å²) in [6.45, 7) is 3.23. The molecule has 3 aromatic rings. The third-order valence-electron chi connectivity index (χ3n) is 5.76. The third-order valence-corrected chi connectivity index (χ3v) is 8.10. The summed E-state index contributed by atoms with van der Waals surface area (Å²) in [5.41, 5.74) is 3.00. The van der Waals surface area contributed by atoms with Gasteiger partial charge in [0.25, 0.3) is 21.8 Å². The number of amides is 2. The Kier molecular flexibility index (Phi) is 6.69. The van der Waals surface area contributed by atoms with E-state index < -0.39 is 15.9 Å². The standard InChI is InChI=1S/C26H23ClN2O5S/c1-16-4-11-21(14-23(16)27)28-25(30)20-7-5-18(6-8-20)15-29-26(31)17(2)24(35(29,32)33)19-9-12-22(34-3)13-10-19/h4-14H,15H2,1-3H3,(H,28,30). The first kappa shape index (κ1) is 24.5. The molecule has 0 bridgehead atoms. The summed E-state index contributed by atoms with van der Waals surface area (Å²) in [7, 11) is -2.52. The highest BCUT2D eigenvalue weighted by atomic mass is 35.5. The number of anilines is 1. The Morgan fingerprint density at radius 1 is 1.00 bits per heavy atom. The van der Waals surface area contributed by atoms with E-state index in [1.165, 1.54) is 14.0 Å². The number of nitrogens with one attached hydrogen (secondary N) is 1. The first-order valence-corrected chi connectivity index (χ1v) is 12.5. The van der Waals surface area contributed by atoms with E-state index in [9.17, 15) is 18.0 Å². The summed E-state index contributed by atoms with van der Waals surface area (Å²) in [4.78, 5) is 25.4. The SMILES string of the molecule is COc1ccc(C2=C(C)C(=O)N(Cc3ccc(C(=O)Nc4ccc(C)c(Cl)c4)cc3)S2(=O)=O)cc1. The molecule has 1 heterocycles. The zero-order chi connectivity index (χ0) is 25.3. The highest BCUT2D eigenvalue weighted by molar-refractivity contribution is 7.99. The summed E-state index contributed by atoms with van der Waals surface area (Å²) in [5.74, 6) is -0.324. The lowest BCUT2D eigenvalue weighted by Crippen LogP contribution is -2.30. The molecule has 0 spiro atoms. The number of carbonyl (C=O) groups is 2. The normalized spacial score (nSPS) is 14.9. The van der Waals surface area contributed by atoms with Gasteiger partial charge in [-0.15, -0.1) is 0 Å². The molecule has 0 radical (unpaired) electrons. The van der Waals surface area contributed by atoms with Crippen molar-refractivity contribution in [1.29, 1.82) is 0 Å². The quantitative estimate of drug-likeness (QED) is 0.503. The van der Waals surface area contributed by atoms with Gasteiger partial charge in [0.2, 0.25) is 0 Å². The maximum absolute atomic E-state index is 13.2. The van der Waals surface area contributed by atoms with Crippen LogP contribution in [0.15, 0.2) is 72.3 Å². The van der Waals surface area contributed by atoms with Gasteiger partial charge in [-0.2, -0.15) is 0 Å². The number of methoxy groups -OCH3 is 1. The lowest BCUT2D eigenvalue weighted by molar-refractivity contribution is -0.122. The smallest absolute Gasteiger partial charge is 0.268 e. The van der Waals surface area contributed by atoms with Crippen molar-refractivity contribution in [2.45, 2.75) is 20.4 Å². The van der Waals surface area contributed by atoms with E-state index in [0.29, 0.717) is 33.1 Å². The number of halogens is 1. The Bertz CT molecular complexity index is 1450. The first-order chi connectivity index (χ1) is 16.6. The van der Waals surface area contributed by atoms with Crippen molar-refractivity contribution in [3.8, 4) is 5.75 Å². The Labute approximate surface area is 209 Å². The zero-order valence-corrected chi connectivity index (χ0v) is 20.9. The van der Waals surface area contributed by atoms with Crippen LogP contribution in [0.3, 0.4) is 0 Å². The van der Waals surface area contributed by atoms with Crippen molar-refractivity contribution in [1.82, 2.24) is 4.31 Å². The Hall–Kier alpha value is -3.62. The minimum absolute atomic E-state index is 0.0158. The molecule has 1 aliphatic rings. The fourth-order valence-corrected chi connectivity index (χ4v) is 5.75. The van der Waals surface area contributed by atoms with Gasteiger partial charge in [-0.25, -0.2) is 12.7 Å². The monoisotopic (exact) mass is 510 g/mol. The lowest BCUT2D eigenvalue weighted by atomic mass is 10.1. The van der Waals surface area contributed by atoms with Crippen molar-refractivity contribution in [2.75, 3.05) is 12.4 Å². The van der Waals surface area contributed by atoms with Gasteiger partial charge in [0, 0.05) is 21.8 Å². The van der Waals surface area contributed by atoms with Crippen molar-refractivity contribution < 1.29 is 22.7 Å². The first-order valence-electron chi connectivity index (χ1n) is 10.7. The molecular formula is C26H23ClN2O5S. The molecule has 3 aromatic carbocycles. The maximum Gasteiger partial charge on any atom is 0.268 e. The molecule has 1 aliphatic heterocycles. The van der Waals surface area contributed by atoms with Crippen molar-refractivity contribution in [2.24, 2.45) is 0 Å². The van der Waals surface area contributed by atoms with Gasteiger partial charge in [-0.3, -0.25) is 9.59 Å². The summed E-state index contributed by atoms with van der Waals surface area (Å²) in [5, 5.41) is 3.33. The third kappa shape index (κ3) is 4.80. The molecule has 0 aromatic heterocycles. The number of benzene rings is 3. The van der Waals surface area contributed by atoms with Crippen LogP contribution in [0.1, 0.15) is 34.0 Å². The minimum Gasteiger partial charge on any atom is -0.497 e. The van der Waals surface area contributed by atoms with E-state index in [2.05, 4.69) is 5.32 Å². The average Bonchev–Trinajstić information content (AvgIpc) is 3.01. The van der Waals surface area contributed by atoms with E-state index >= 15 is 0 Å². The van der Waals surface area contributed by atoms with Crippen molar-refractivity contribution in [3.63, 3.8) is 0 Å². The fourth-order valence-electron chi connectivity index (χ4n) is 3.76. The molecule has 2 amide bonds. The Morgan fingerprint density at radius 2 is 1.66 bits per heavy atom. The highest BCUT2D eigenvalue weighted by Crippen LogP contribution is 2.37. The van der Waals surface area contributed by atoms with Crippen LogP contribution in [0.25, 0.3) is 4.91 Å². The van der Waals surface area contributed by atoms with Crippen LogP contribution in [0.5, 0.6) is 5.75 Å². The van der Waals surface area contributed by atoms with E-state index in [4.69, 9.17) is 16.3 Å². The van der Waals surface area contributed by atoms with Crippen molar-refractivity contribution >= 4 is 44.0 Å². The molecule has 0 fully saturated rings. The number of ether oxygens (including phenoxy) is 1. The van der Waals surface area contributed by atoms with Crippen molar-refractivity contribution in [3.05, 3.63) is 99.6 Å². The summed E-state index contributed by atoms with van der Waals surface area (Å²) < 4.78 is 32.5. The van der Waals surface area contributed by atoms with Crippen LogP contribution in [-0.2, 0) is 21.4 Å². The van der Waals surface area contributed by atoms with Gasteiger partial charge in [-0.1, -0.05) is 29.8 Å². The fraction of sp³-hybridized carbons (Fsp3) is 0.154. The molecular weight excluding hydrogens is 488 g/mol. The van der Waals surface area contributed by atoms with E-state index in [1.54, 1.807) is 60.7 Å². The second-order valence-electron chi connectivity index (χ2n) is 8.11. The molecule has 9 heteroatoms. The second-order valence-corrected chi connectivity index (χ2v) is 10.3. The largest absolute Gasteiger partial charge is 0.497 e. The summed E-state index contributed by atoms with van der Waals surface area (Å²) in [6, 6.07) is 18.2. The molecule has 35 heavy (non-hydrogen) atoms. The van der Waals surface area contributed by atoms with E-state index in [0.717, 1.165) is 9.87 Å². The van der Waals surface area contributed by atoms with E-state index in [-0.39, 0.29) is 22.9 Å². The Morgan fingerprint density at radius 3 is 2.26 bits per heavy atom. The van der Waals surface area contributed by atoms with Crippen LogP contribution >= 0.6 is 11.6 Å². The predicted molar refractivity (Wildman–Crippen MR) is 136 cm³/mol. The number of sulfonamides is 1. The molecule has 180 valence electrons. The molecule has 0 atom stereocenters. The van der Waals surface area contributed by atoms with Crippen LogP contribution in [-0.4, -0.2) is 31.6 Å². The number of carbonyl (C=O) groups excluding carboxylic acids is 2. The molecule has 0 aliphatic carbocycles. The number of nitrogens with zero attached hydrogens (tertiary/aromatic N) is 1. The van der Waals surface area contributed by atoms with E-state index in [1.807, 2.05) is 13.0 Å². The highest BCUT2D eigenvalue weighted by Gasteiger charge is 2.42. The van der Waals surface area contributed by atoms with Gasteiger partial charge in [0.1, 0.15) is 10.7 Å². The van der Waals surface area contributed by atoms with Gasteiger partial charge < -0.3 is 10.1 Å². The van der Waals surface area contributed by atoms with Crippen LogP contribution in [0, 0.1) is 6.92 Å². The van der Waals surface area contributed by atoms with Crippen LogP contribution in [0.4, 0.5) is 5.69 Å². The molecule has 1 N–H and O–H groups in total. The number of hydrogen-bond acceptors (Lipinski definition) is 5. The molecule has 0 saturated heterocycles. The predicted octanol–water partition coefficient (Wildman–Crippen LogP) is 5.01. The Balaban J connectivity index is 1.50. The summed E-state index contributed by atoms with van der Waals surface area (Å²) >= 11 is 6.11. The van der Waals surface area contributed by atoms with Crippen LogP contribution in [0.2, 0.25) is 5.02 Å². The zero-order valence-electron chi connectivity index (χ0n) is 19.3. The number of rotatable bonds is 6. The molecule has 7 nitrogen and oxygen atoms in total. The van der Waals surface area contributed by atoms with Gasteiger partial charge in [-0.05, 0) is 79.1 Å². The number of hydrogen-bond donors (Lipinski definition) is 1. The summed E-state index contributed by atoms with van der Waals surface area (Å²) in [6.07, 6.45) is 0. The van der Waals surface area contributed by atoms with Gasteiger partial charge >= 0.3 is 0 Å².